The first-order chi connectivity index (χ1) is 9.65. The monoisotopic (exact) mass is 286 g/mol. The predicted octanol–water partition coefficient (Wildman–Crippen LogP) is 2.44. The first-order valence-corrected chi connectivity index (χ1v) is 7.52. The van der Waals surface area contributed by atoms with E-state index in [2.05, 4.69) is 22.2 Å². The summed E-state index contributed by atoms with van der Waals surface area (Å²) >= 11 is 1.62. The minimum Gasteiger partial charge on any atom is -0.370 e. The fourth-order valence-corrected chi connectivity index (χ4v) is 4.16. The zero-order chi connectivity index (χ0) is 13.9. The largest absolute Gasteiger partial charge is 0.370 e. The van der Waals surface area contributed by atoms with Crippen LogP contribution in [0.1, 0.15) is 17.7 Å². The van der Waals surface area contributed by atoms with E-state index in [0.29, 0.717) is 0 Å². The Hall–Kier alpha value is -1.95. The van der Waals surface area contributed by atoms with Crippen molar-refractivity contribution >= 4 is 37.6 Å². The van der Waals surface area contributed by atoms with Crippen molar-refractivity contribution in [2.75, 3.05) is 11.9 Å². The second kappa shape index (κ2) is 4.02. The van der Waals surface area contributed by atoms with E-state index < -0.39 is 0 Å². The lowest BCUT2D eigenvalue weighted by Gasteiger charge is -2.19. The van der Waals surface area contributed by atoms with Gasteiger partial charge in [0.15, 0.2) is 0 Å². The van der Waals surface area contributed by atoms with Crippen LogP contribution in [0.4, 0.5) is 5.82 Å². The molecule has 0 aliphatic carbocycles. The van der Waals surface area contributed by atoms with E-state index in [1.165, 1.54) is 0 Å². The van der Waals surface area contributed by atoms with Crippen LogP contribution >= 0.6 is 11.3 Å². The Labute approximate surface area is 119 Å². The van der Waals surface area contributed by atoms with Crippen LogP contribution in [0.2, 0.25) is 0 Å². The molecular weight excluding hydrogens is 272 g/mol. The molecule has 6 heteroatoms. The van der Waals surface area contributed by atoms with Gasteiger partial charge in [-0.3, -0.25) is 4.57 Å². The highest BCUT2D eigenvalue weighted by Gasteiger charge is 2.20. The van der Waals surface area contributed by atoms with Crippen LogP contribution in [0.25, 0.3) is 20.4 Å². The molecule has 1 N–H and O–H groups in total. The third-order valence-corrected chi connectivity index (χ3v) is 4.82. The molecule has 0 saturated heterocycles. The molecule has 0 amide bonds. The van der Waals surface area contributed by atoms with E-state index in [9.17, 15) is 4.79 Å². The summed E-state index contributed by atoms with van der Waals surface area (Å²) in [6.07, 6.45) is 0.960. The summed E-state index contributed by atoms with van der Waals surface area (Å²) in [4.78, 5) is 22.1. The minimum absolute atomic E-state index is 0.167. The topological polar surface area (TPSA) is 59.8 Å². The Bertz CT molecular complexity index is 909. The summed E-state index contributed by atoms with van der Waals surface area (Å²) in [5, 5.41) is 4.36. The molecule has 102 valence electrons. The van der Waals surface area contributed by atoms with Crippen molar-refractivity contribution in [1.29, 1.82) is 0 Å². The molecule has 1 aliphatic rings. The van der Waals surface area contributed by atoms with Gasteiger partial charge in [0, 0.05) is 24.2 Å². The maximum Gasteiger partial charge on any atom is 0.349 e. The third kappa shape index (κ3) is 1.51. The molecule has 0 bridgehead atoms. The number of pyridine rings is 1. The van der Waals surface area contributed by atoms with Crippen molar-refractivity contribution in [3.05, 3.63) is 27.8 Å². The Morgan fingerprint density at radius 1 is 1.35 bits per heavy atom. The Morgan fingerprint density at radius 2 is 2.20 bits per heavy atom. The van der Waals surface area contributed by atoms with Gasteiger partial charge in [0.25, 0.3) is 0 Å². The van der Waals surface area contributed by atoms with Crippen LogP contribution < -0.4 is 11.0 Å². The Kier molecular flexibility index (Phi) is 2.38. The number of nitrogens with zero attached hydrogens (tertiary/aromatic N) is 3. The zero-order valence-corrected chi connectivity index (χ0v) is 12.2. The number of hydrogen-bond acceptors (Lipinski definition) is 5. The normalized spacial score (nSPS) is 14.5. The minimum atomic E-state index is -0.167. The molecule has 0 aromatic carbocycles. The lowest BCUT2D eigenvalue weighted by atomic mass is 10.1. The van der Waals surface area contributed by atoms with Crippen LogP contribution in [0, 0.1) is 13.8 Å². The van der Waals surface area contributed by atoms with Gasteiger partial charge in [-0.2, -0.15) is 4.98 Å². The van der Waals surface area contributed by atoms with Gasteiger partial charge >= 0.3 is 5.69 Å². The van der Waals surface area contributed by atoms with E-state index in [-0.39, 0.29) is 5.69 Å². The predicted molar refractivity (Wildman–Crippen MR) is 81.8 cm³/mol. The summed E-state index contributed by atoms with van der Waals surface area (Å²) < 4.78 is 2.78. The Balaban J connectivity index is 2.23. The summed E-state index contributed by atoms with van der Waals surface area (Å²) in [6.45, 7) is 5.68. The first kappa shape index (κ1) is 11.8. The van der Waals surface area contributed by atoms with E-state index in [0.717, 1.165) is 57.0 Å². The van der Waals surface area contributed by atoms with E-state index in [1.54, 1.807) is 15.9 Å². The van der Waals surface area contributed by atoms with Gasteiger partial charge in [-0.05, 0) is 31.9 Å². The fraction of sp³-hybridized carbons (Fsp3) is 0.357. The van der Waals surface area contributed by atoms with Crippen LogP contribution in [0.5, 0.6) is 0 Å². The van der Waals surface area contributed by atoms with Crippen LogP contribution in [0.15, 0.2) is 10.9 Å². The second-order valence-corrected chi connectivity index (χ2v) is 6.21. The number of aryl methyl sites for hydroxylation is 2. The van der Waals surface area contributed by atoms with Gasteiger partial charge in [-0.1, -0.05) is 0 Å². The summed E-state index contributed by atoms with van der Waals surface area (Å²) in [5.74, 6) is 0.909. The fourth-order valence-electron chi connectivity index (χ4n) is 2.89. The molecular formula is C14H14N4OS. The van der Waals surface area contributed by atoms with Crippen LogP contribution in [-0.2, 0) is 6.54 Å². The summed E-state index contributed by atoms with van der Waals surface area (Å²) in [6, 6.07) is 2.04. The molecule has 0 radical (unpaired) electrons. The molecule has 3 aromatic rings. The molecule has 3 aromatic heterocycles. The van der Waals surface area contributed by atoms with Gasteiger partial charge in [0.1, 0.15) is 16.2 Å². The van der Waals surface area contributed by atoms with Gasteiger partial charge in [-0.15, -0.1) is 11.3 Å². The molecule has 0 spiro atoms. The average molecular weight is 286 g/mol. The zero-order valence-electron chi connectivity index (χ0n) is 11.4. The molecule has 0 atom stereocenters. The summed E-state index contributed by atoms with van der Waals surface area (Å²) in [5.41, 5.74) is 2.75. The lowest BCUT2D eigenvalue weighted by molar-refractivity contribution is 0.601. The van der Waals surface area contributed by atoms with Gasteiger partial charge in [0.2, 0.25) is 0 Å². The number of hydrogen-bond donors (Lipinski definition) is 1. The summed E-state index contributed by atoms with van der Waals surface area (Å²) in [7, 11) is 0. The van der Waals surface area contributed by atoms with Crippen molar-refractivity contribution in [3.63, 3.8) is 0 Å². The Morgan fingerprint density at radius 3 is 3.05 bits per heavy atom. The van der Waals surface area contributed by atoms with Crippen LogP contribution in [0.3, 0.4) is 0 Å². The molecule has 5 nitrogen and oxygen atoms in total. The van der Waals surface area contributed by atoms with E-state index in [4.69, 9.17) is 0 Å². The first-order valence-electron chi connectivity index (χ1n) is 6.70. The molecule has 20 heavy (non-hydrogen) atoms. The van der Waals surface area contributed by atoms with Crippen molar-refractivity contribution < 1.29 is 0 Å². The molecule has 4 rings (SSSR count). The molecule has 1 aliphatic heterocycles. The number of thiophene rings is 1. The smallest absolute Gasteiger partial charge is 0.349 e. The number of fused-ring (bicyclic) bond motifs is 5. The number of aromatic nitrogens is 3. The van der Waals surface area contributed by atoms with Crippen LogP contribution in [-0.4, -0.2) is 21.1 Å². The highest BCUT2D eigenvalue weighted by molar-refractivity contribution is 7.26. The number of anilines is 1. The number of rotatable bonds is 0. The third-order valence-electron chi connectivity index (χ3n) is 3.74. The molecule has 4 heterocycles. The van der Waals surface area contributed by atoms with E-state index >= 15 is 0 Å². The van der Waals surface area contributed by atoms with E-state index in [1.807, 2.05) is 13.0 Å². The molecule has 0 unspecified atom stereocenters. The van der Waals surface area contributed by atoms with Gasteiger partial charge in [-0.25, -0.2) is 9.78 Å². The van der Waals surface area contributed by atoms with Gasteiger partial charge in [0.05, 0.1) is 4.70 Å². The highest BCUT2D eigenvalue weighted by atomic mass is 32.1. The SMILES string of the molecule is Cc1cc(C)c2c(n1)sc1c3n(c(=O)nc12)CCCN3. The maximum absolute atomic E-state index is 12.2. The lowest BCUT2D eigenvalue weighted by Crippen LogP contribution is -2.30. The van der Waals surface area contributed by atoms with Crippen molar-refractivity contribution in [2.45, 2.75) is 26.8 Å². The van der Waals surface area contributed by atoms with Crippen molar-refractivity contribution in [3.8, 4) is 0 Å². The maximum atomic E-state index is 12.2. The van der Waals surface area contributed by atoms with Crippen molar-refractivity contribution in [2.24, 2.45) is 0 Å². The number of nitrogens with one attached hydrogen (secondary N) is 1. The highest BCUT2D eigenvalue weighted by Crippen LogP contribution is 2.37. The molecule has 0 saturated carbocycles. The standard InChI is InChI=1S/C14H14N4OS/c1-7-6-8(2)16-13-9(7)10-11(20-13)12-15-4-3-5-18(12)14(19)17-10/h6,15H,3-5H2,1-2H3. The quantitative estimate of drug-likeness (QED) is 0.689. The molecule has 0 fully saturated rings. The van der Waals surface area contributed by atoms with Gasteiger partial charge < -0.3 is 5.32 Å². The second-order valence-electron chi connectivity index (χ2n) is 5.22. The van der Waals surface area contributed by atoms with Crippen molar-refractivity contribution in [1.82, 2.24) is 14.5 Å². The average Bonchev–Trinajstić information content (AvgIpc) is 2.77.